The summed E-state index contributed by atoms with van der Waals surface area (Å²) in [6, 6.07) is 8.39. The molecular weight excluding hydrogens is 538 g/mol. The summed E-state index contributed by atoms with van der Waals surface area (Å²) in [6.45, 7) is 7.49. The summed E-state index contributed by atoms with van der Waals surface area (Å²) < 4.78 is 9.73. The molecule has 0 radical (unpaired) electrons. The van der Waals surface area contributed by atoms with Crippen LogP contribution >= 0.6 is 11.3 Å². The highest BCUT2D eigenvalue weighted by molar-refractivity contribution is 7.13. The fourth-order valence-electron chi connectivity index (χ4n) is 6.22. The molecule has 0 saturated heterocycles. The predicted octanol–water partition coefficient (Wildman–Crippen LogP) is 4.50. The number of aromatic nitrogens is 4. The number of amides is 1. The first kappa shape index (κ1) is 27.7. The summed E-state index contributed by atoms with van der Waals surface area (Å²) >= 11 is 1.71. The lowest BCUT2D eigenvalue weighted by Crippen LogP contribution is -2.47. The van der Waals surface area contributed by atoms with E-state index in [0.29, 0.717) is 11.4 Å². The lowest BCUT2D eigenvalue weighted by Gasteiger charge is -2.37. The Morgan fingerprint density at radius 2 is 1.98 bits per heavy atom. The first-order valence-corrected chi connectivity index (χ1v) is 15.1. The molecule has 0 fully saturated rings. The number of hydrogen-bond donors (Lipinski definition) is 2. The summed E-state index contributed by atoms with van der Waals surface area (Å²) in [5.74, 6) is 0.783. The highest BCUT2D eigenvalue weighted by atomic mass is 32.1. The van der Waals surface area contributed by atoms with Crippen LogP contribution in [0.4, 0.5) is 0 Å². The van der Waals surface area contributed by atoms with Gasteiger partial charge in [-0.05, 0) is 81.2 Å². The molecule has 0 bridgehead atoms. The van der Waals surface area contributed by atoms with Gasteiger partial charge in [-0.1, -0.05) is 11.3 Å². The SMILES string of the molecule is COc1cc2c(cc1-n1cc(C[C@@H](O)CO)nn1)-c1c(-c3cccs3)c3c(n1CC2)C(=O)N(C(C)(C)C)CCCC3. The largest absolute Gasteiger partial charge is 0.494 e. The highest BCUT2D eigenvalue weighted by Crippen LogP contribution is 2.47. The van der Waals surface area contributed by atoms with E-state index >= 15 is 0 Å². The van der Waals surface area contributed by atoms with E-state index < -0.39 is 6.10 Å². The van der Waals surface area contributed by atoms with E-state index in [-0.39, 0.29) is 24.5 Å². The maximum absolute atomic E-state index is 14.3. The number of aliphatic hydroxyl groups excluding tert-OH is 2. The van der Waals surface area contributed by atoms with Gasteiger partial charge in [0, 0.05) is 41.1 Å². The van der Waals surface area contributed by atoms with Crippen molar-refractivity contribution in [2.24, 2.45) is 0 Å². The van der Waals surface area contributed by atoms with Gasteiger partial charge in [-0.15, -0.1) is 16.4 Å². The van der Waals surface area contributed by atoms with Crippen molar-refractivity contribution in [1.82, 2.24) is 24.5 Å². The van der Waals surface area contributed by atoms with Crippen LogP contribution in [0.1, 0.15) is 60.9 Å². The number of methoxy groups -OCH3 is 1. The number of rotatable bonds is 6. The number of hydrogen-bond acceptors (Lipinski definition) is 7. The molecule has 1 aromatic carbocycles. The number of benzene rings is 1. The van der Waals surface area contributed by atoms with Gasteiger partial charge in [0.1, 0.15) is 17.1 Å². The molecule has 0 unspecified atom stereocenters. The molecule has 2 N–H and O–H groups in total. The van der Waals surface area contributed by atoms with Crippen LogP contribution in [0.3, 0.4) is 0 Å². The average molecular weight is 576 g/mol. The Kier molecular flexibility index (Phi) is 7.25. The number of aryl methyl sites for hydroxylation is 1. The van der Waals surface area contributed by atoms with E-state index in [1.54, 1.807) is 29.3 Å². The van der Waals surface area contributed by atoms with Crippen LogP contribution in [-0.2, 0) is 25.8 Å². The van der Waals surface area contributed by atoms with Crippen LogP contribution in [0.15, 0.2) is 35.8 Å². The molecule has 41 heavy (non-hydrogen) atoms. The second-order valence-corrected chi connectivity index (χ2v) is 12.8. The maximum atomic E-state index is 14.3. The van der Waals surface area contributed by atoms with E-state index in [0.717, 1.165) is 83.0 Å². The molecule has 1 atom stereocenters. The summed E-state index contributed by atoms with van der Waals surface area (Å²) in [4.78, 5) is 17.5. The Morgan fingerprint density at radius 1 is 1.15 bits per heavy atom. The van der Waals surface area contributed by atoms with Gasteiger partial charge in [0.2, 0.25) is 0 Å². The molecule has 6 rings (SSSR count). The van der Waals surface area contributed by atoms with Crippen molar-refractivity contribution in [3.63, 3.8) is 0 Å². The first-order valence-electron chi connectivity index (χ1n) is 14.2. The van der Waals surface area contributed by atoms with Gasteiger partial charge in [-0.3, -0.25) is 4.79 Å². The van der Waals surface area contributed by atoms with Crippen LogP contribution in [0, 0.1) is 0 Å². The van der Waals surface area contributed by atoms with Gasteiger partial charge in [0.05, 0.1) is 37.4 Å². The zero-order chi connectivity index (χ0) is 28.9. The van der Waals surface area contributed by atoms with Gasteiger partial charge >= 0.3 is 0 Å². The quantitative estimate of drug-likeness (QED) is 0.351. The number of ether oxygens (including phenoxy) is 1. The number of carbonyl (C=O) groups excluding carboxylic acids is 1. The third-order valence-electron chi connectivity index (χ3n) is 8.16. The third kappa shape index (κ3) is 4.87. The minimum Gasteiger partial charge on any atom is -0.494 e. The summed E-state index contributed by atoms with van der Waals surface area (Å²) in [5, 5.41) is 29.8. The number of fused-ring (bicyclic) bond motifs is 5. The predicted molar refractivity (Wildman–Crippen MR) is 159 cm³/mol. The number of thiophene rings is 1. The van der Waals surface area contributed by atoms with Crippen molar-refractivity contribution in [3.05, 3.63) is 58.4 Å². The van der Waals surface area contributed by atoms with E-state index in [1.807, 2.05) is 4.90 Å². The van der Waals surface area contributed by atoms with Gasteiger partial charge in [0.15, 0.2) is 0 Å². The molecule has 0 aliphatic carbocycles. The summed E-state index contributed by atoms with van der Waals surface area (Å²) in [5.41, 5.74) is 7.44. The monoisotopic (exact) mass is 575 g/mol. The molecule has 2 aliphatic rings. The van der Waals surface area contributed by atoms with E-state index in [4.69, 9.17) is 4.74 Å². The molecule has 9 nitrogen and oxygen atoms in total. The second kappa shape index (κ2) is 10.7. The summed E-state index contributed by atoms with van der Waals surface area (Å²) in [7, 11) is 1.65. The van der Waals surface area contributed by atoms with Crippen molar-refractivity contribution >= 4 is 17.2 Å². The van der Waals surface area contributed by atoms with Crippen LogP contribution in [0.25, 0.3) is 27.4 Å². The topological polar surface area (TPSA) is 106 Å². The van der Waals surface area contributed by atoms with E-state index in [9.17, 15) is 15.0 Å². The molecule has 5 heterocycles. The normalized spacial score (nSPS) is 16.0. The summed E-state index contributed by atoms with van der Waals surface area (Å²) in [6.07, 6.45) is 4.71. The van der Waals surface area contributed by atoms with E-state index in [2.05, 4.69) is 65.3 Å². The maximum Gasteiger partial charge on any atom is 0.271 e. The van der Waals surface area contributed by atoms with Crippen molar-refractivity contribution in [2.45, 2.75) is 71.1 Å². The van der Waals surface area contributed by atoms with Crippen LogP contribution in [0.2, 0.25) is 0 Å². The van der Waals surface area contributed by atoms with Crippen LogP contribution < -0.4 is 4.74 Å². The molecule has 1 amide bonds. The van der Waals surface area contributed by atoms with Gasteiger partial charge in [-0.2, -0.15) is 0 Å². The first-order chi connectivity index (χ1) is 19.7. The molecule has 10 heteroatoms. The van der Waals surface area contributed by atoms with Crippen molar-refractivity contribution in [1.29, 1.82) is 0 Å². The number of aliphatic hydroxyl groups is 2. The Labute approximate surface area is 244 Å². The lowest BCUT2D eigenvalue weighted by molar-refractivity contribution is 0.0558. The third-order valence-corrected chi connectivity index (χ3v) is 9.04. The molecule has 0 saturated carbocycles. The van der Waals surface area contributed by atoms with Crippen LogP contribution in [0.5, 0.6) is 5.75 Å². The Morgan fingerprint density at radius 3 is 2.68 bits per heavy atom. The van der Waals surface area contributed by atoms with Gasteiger partial charge in [0.25, 0.3) is 5.91 Å². The lowest BCUT2D eigenvalue weighted by atomic mass is 9.92. The number of nitrogens with zero attached hydrogens (tertiary/aromatic N) is 5. The Hall–Kier alpha value is -3.47. The van der Waals surface area contributed by atoms with Crippen LogP contribution in [-0.4, -0.2) is 72.5 Å². The van der Waals surface area contributed by atoms with Gasteiger partial charge < -0.3 is 24.4 Å². The molecule has 2 aliphatic heterocycles. The molecular formula is C31H37N5O4S. The Bertz CT molecular complexity index is 1580. The minimum atomic E-state index is -0.896. The standard InChI is InChI=1S/C31H37N5O4S/c1-31(2,3)35-11-6-5-8-22-27(26-9-7-13-41-26)28-23-16-24(36-17-20(32-33-36)15-21(38)18-37)25(40-4)14-19(23)10-12-34(28)29(22)30(35)39/h7,9,13-14,16-17,21,37-38H,5-6,8,10-12,15,18H2,1-4H3/t21-/m1/s1. The molecule has 216 valence electrons. The minimum absolute atomic E-state index is 0.108. The van der Waals surface area contributed by atoms with Crippen molar-refractivity contribution < 1.29 is 19.7 Å². The average Bonchev–Trinajstić information content (AvgIpc) is 3.69. The van der Waals surface area contributed by atoms with Crippen molar-refractivity contribution in [2.75, 3.05) is 20.3 Å². The molecule has 4 aromatic rings. The molecule has 0 spiro atoms. The van der Waals surface area contributed by atoms with Gasteiger partial charge in [-0.25, -0.2) is 4.68 Å². The fourth-order valence-corrected chi connectivity index (χ4v) is 7.02. The molecule has 3 aromatic heterocycles. The van der Waals surface area contributed by atoms with E-state index in [1.165, 1.54) is 0 Å². The zero-order valence-electron chi connectivity index (χ0n) is 24.1. The number of carbonyl (C=O) groups is 1. The van der Waals surface area contributed by atoms with Crippen molar-refractivity contribution in [3.8, 4) is 33.1 Å². The highest BCUT2D eigenvalue weighted by Gasteiger charge is 2.37. The smallest absolute Gasteiger partial charge is 0.271 e. The Balaban J connectivity index is 1.57. The second-order valence-electron chi connectivity index (χ2n) is 11.9. The fraction of sp³-hybridized carbons (Fsp3) is 0.452. The zero-order valence-corrected chi connectivity index (χ0v) is 24.9.